The van der Waals surface area contributed by atoms with Crippen LogP contribution >= 0.6 is 0 Å². The Morgan fingerprint density at radius 3 is 3.12 bits per heavy atom. The summed E-state index contributed by atoms with van der Waals surface area (Å²) in [6.45, 7) is 3.13. The lowest BCUT2D eigenvalue weighted by Gasteiger charge is -2.12. The van der Waals surface area contributed by atoms with E-state index in [9.17, 15) is 4.79 Å². The lowest BCUT2D eigenvalue weighted by atomic mass is 10.3. The molecule has 1 heterocycles. The molecular formula is C10H17N3O3. The van der Waals surface area contributed by atoms with Gasteiger partial charge < -0.3 is 19.9 Å². The number of nitrogens with one attached hydrogen (secondary N) is 2. The second-order valence-corrected chi connectivity index (χ2v) is 3.51. The second kappa shape index (κ2) is 6.97. The van der Waals surface area contributed by atoms with Crippen molar-refractivity contribution in [2.45, 2.75) is 19.5 Å². The molecule has 6 nitrogen and oxygen atoms in total. The molecule has 1 aromatic rings. The van der Waals surface area contributed by atoms with Crippen molar-refractivity contribution in [2.75, 3.05) is 20.3 Å². The number of rotatable bonds is 7. The van der Waals surface area contributed by atoms with E-state index in [0.717, 1.165) is 0 Å². The van der Waals surface area contributed by atoms with E-state index in [4.69, 9.17) is 9.26 Å². The fraction of sp³-hybridized carbons (Fsp3) is 0.600. The summed E-state index contributed by atoms with van der Waals surface area (Å²) < 4.78 is 9.78. The zero-order valence-electron chi connectivity index (χ0n) is 9.53. The number of hydrogen-bond donors (Lipinski definition) is 2. The molecule has 6 heteroatoms. The number of hydrogen-bond acceptors (Lipinski definition) is 5. The predicted molar refractivity (Wildman–Crippen MR) is 57.7 cm³/mol. The molecule has 0 saturated heterocycles. The van der Waals surface area contributed by atoms with Crippen LogP contribution in [0.5, 0.6) is 0 Å². The topological polar surface area (TPSA) is 76.4 Å². The van der Waals surface area contributed by atoms with Crippen LogP contribution in [0, 0.1) is 0 Å². The maximum Gasteiger partial charge on any atom is 0.234 e. The summed E-state index contributed by atoms with van der Waals surface area (Å²) in [6, 6.07) is 1.77. The minimum Gasteiger partial charge on any atom is -0.383 e. The van der Waals surface area contributed by atoms with Crippen molar-refractivity contribution in [1.29, 1.82) is 0 Å². The van der Waals surface area contributed by atoms with Crippen molar-refractivity contribution >= 4 is 5.91 Å². The third-order valence-corrected chi connectivity index (χ3v) is 1.90. The van der Waals surface area contributed by atoms with Gasteiger partial charge in [-0.25, -0.2) is 0 Å². The van der Waals surface area contributed by atoms with Crippen LogP contribution in [0.2, 0.25) is 0 Å². The molecule has 90 valence electrons. The molecule has 1 atom stereocenters. The average molecular weight is 227 g/mol. The molecule has 1 unspecified atom stereocenters. The van der Waals surface area contributed by atoms with Gasteiger partial charge >= 0.3 is 0 Å². The number of aromatic nitrogens is 1. The van der Waals surface area contributed by atoms with Gasteiger partial charge in [-0.05, 0) is 6.92 Å². The molecule has 0 aromatic carbocycles. The zero-order valence-corrected chi connectivity index (χ0v) is 9.53. The van der Waals surface area contributed by atoms with Crippen molar-refractivity contribution in [3.05, 3.63) is 18.0 Å². The lowest BCUT2D eigenvalue weighted by Crippen LogP contribution is -2.40. The van der Waals surface area contributed by atoms with Gasteiger partial charge in [-0.3, -0.25) is 4.79 Å². The molecule has 1 amide bonds. The van der Waals surface area contributed by atoms with Gasteiger partial charge in [0.15, 0.2) is 0 Å². The summed E-state index contributed by atoms with van der Waals surface area (Å²) in [4.78, 5) is 11.4. The molecule has 0 fully saturated rings. The summed E-state index contributed by atoms with van der Waals surface area (Å²) in [5, 5.41) is 9.30. The fourth-order valence-corrected chi connectivity index (χ4v) is 1.25. The molecule has 0 bridgehead atoms. The van der Waals surface area contributed by atoms with E-state index >= 15 is 0 Å². The maximum atomic E-state index is 11.4. The number of carbonyl (C=O) groups excluding carboxylic acids is 1. The molecule has 0 radical (unpaired) electrons. The highest BCUT2D eigenvalue weighted by Crippen LogP contribution is 1.94. The monoisotopic (exact) mass is 227 g/mol. The first-order valence-corrected chi connectivity index (χ1v) is 5.11. The predicted octanol–water partition coefficient (Wildman–Crippen LogP) is -0.0847. The summed E-state index contributed by atoms with van der Waals surface area (Å²) >= 11 is 0. The average Bonchev–Trinajstić information content (AvgIpc) is 2.70. The van der Waals surface area contributed by atoms with Gasteiger partial charge in [0.25, 0.3) is 0 Å². The van der Waals surface area contributed by atoms with E-state index in [0.29, 0.717) is 18.9 Å². The highest BCUT2D eigenvalue weighted by Gasteiger charge is 2.06. The molecule has 0 aliphatic rings. The van der Waals surface area contributed by atoms with Gasteiger partial charge in [-0.15, -0.1) is 0 Å². The lowest BCUT2D eigenvalue weighted by molar-refractivity contribution is -0.121. The van der Waals surface area contributed by atoms with Gasteiger partial charge in [0.05, 0.1) is 25.9 Å². The molecule has 16 heavy (non-hydrogen) atoms. The fourth-order valence-electron chi connectivity index (χ4n) is 1.25. The largest absolute Gasteiger partial charge is 0.383 e. The summed E-state index contributed by atoms with van der Waals surface area (Å²) in [7, 11) is 1.60. The Labute approximate surface area is 94.3 Å². The Bertz CT molecular complexity index is 300. The highest BCUT2D eigenvalue weighted by atomic mass is 16.5. The maximum absolute atomic E-state index is 11.4. The van der Waals surface area contributed by atoms with E-state index in [2.05, 4.69) is 15.8 Å². The molecular weight excluding hydrogens is 210 g/mol. The van der Waals surface area contributed by atoms with Crippen LogP contribution in [0.3, 0.4) is 0 Å². The van der Waals surface area contributed by atoms with Crippen LogP contribution in [0.1, 0.15) is 12.7 Å². The van der Waals surface area contributed by atoms with E-state index in [1.165, 1.54) is 0 Å². The van der Waals surface area contributed by atoms with Crippen LogP contribution in [-0.4, -0.2) is 37.4 Å². The highest BCUT2D eigenvalue weighted by molar-refractivity contribution is 5.78. The standard InChI is InChI=1S/C10H17N3O3/c1-8(7-15-2)13-10(14)6-11-5-9-3-4-12-16-9/h3-4,8,11H,5-7H2,1-2H3,(H,13,14). The number of carbonyl (C=O) groups is 1. The van der Waals surface area contributed by atoms with E-state index < -0.39 is 0 Å². The Morgan fingerprint density at radius 1 is 1.69 bits per heavy atom. The number of ether oxygens (including phenoxy) is 1. The normalized spacial score (nSPS) is 12.4. The molecule has 0 saturated carbocycles. The number of amides is 1. The van der Waals surface area contributed by atoms with Crippen LogP contribution in [0.25, 0.3) is 0 Å². The molecule has 2 N–H and O–H groups in total. The number of nitrogens with zero attached hydrogens (tertiary/aromatic N) is 1. The summed E-state index contributed by atoms with van der Waals surface area (Å²) in [5.74, 6) is 0.641. The Balaban J connectivity index is 2.10. The quantitative estimate of drug-likeness (QED) is 0.681. The van der Waals surface area contributed by atoms with Crippen LogP contribution in [0.15, 0.2) is 16.8 Å². The summed E-state index contributed by atoms with van der Waals surface area (Å²) in [5.41, 5.74) is 0. The summed E-state index contributed by atoms with van der Waals surface area (Å²) in [6.07, 6.45) is 1.57. The Kier molecular flexibility index (Phi) is 5.52. The minimum absolute atomic E-state index is 0.0181. The van der Waals surface area contributed by atoms with Gasteiger partial charge in [0, 0.05) is 19.2 Å². The van der Waals surface area contributed by atoms with Crippen molar-refractivity contribution < 1.29 is 14.1 Å². The molecule has 1 rings (SSSR count). The molecule has 0 spiro atoms. The van der Waals surface area contributed by atoms with E-state index in [-0.39, 0.29) is 18.5 Å². The van der Waals surface area contributed by atoms with Gasteiger partial charge in [-0.1, -0.05) is 5.16 Å². The van der Waals surface area contributed by atoms with E-state index in [1.54, 1.807) is 19.4 Å². The van der Waals surface area contributed by atoms with Crippen molar-refractivity contribution in [1.82, 2.24) is 15.8 Å². The van der Waals surface area contributed by atoms with Crippen LogP contribution < -0.4 is 10.6 Å². The van der Waals surface area contributed by atoms with Crippen molar-refractivity contribution in [3.63, 3.8) is 0 Å². The van der Waals surface area contributed by atoms with Crippen molar-refractivity contribution in [3.8, 4) is 0 Å². The molecule has 1 aromatic heterocycles. The van der Waals surface area contributed by atoms with Gasteiger partial charge in [-0.2, -0.15) is 0 Å². The Morgan fingerprint density at radius 2 is 2.50 bits per heavy atom. The van der Waals surface area contributed by atoms with Gasteiger partial charge in [0.2, 0.25) is 5.91 Å². The first-order valence-electron chi connectivity index (χ1n) is 5.11. The van der Waals surface area contributed by atoms with Gasteiger partial charge in [0.1, 0.15) is 5.76 Å². The Hall–Kier alpha value is -1.40. The van der Waals surface area contributed by atoms with Crippen LogP contribution in [-0.2, 0) is 16.1 Å². The minimum atomic E-state index is -0.0657. The molecule has 0 aliphatic carbocycles. The second-order valence-electron chi connectivity index (χ2n) is 3.51. The first-order chi connectivity index (χ1) is 7.72. The van der Waals surface area contributed by atoms with Crippen LogP contribution in [0.4, 0.5) is 0 Å². The SMILES string of the molecule is COCC(C)NC(=O)CNCc1ccno1. The van der Waals surface area contributed by atoms with E-state index in [1.807, 2.05) is 6.92 Å². The number of methoxy groups -OCH3 is 1. The first kappa shape index (κ1) is 12.7. The van der Waals surface area contributed by atoms with Crippen molar-refractivity contribution in [2.24, 2.45) is 0 Å². The zero-order chi connectivity index (χ0) is 11.8. The third-order valence-electron chi connectivity index (χ3n) is 1.90. The smallest absolute Gasteiger partial charge is 0.234 e. The molecule has 0 aliphatic heterocycles. The third kappa shape index (κ3) is 4.90.